The standard InChI is InChI=1S/C20H21NO3S/c22-15(8-11-18(23)19-6-3-13-25-19)9-12-20(24)21-17-10-7-14-4-1-2-5-16(14)17/h1-6,13,17H,7-12H2,(H,21,24). The fraction of sp³-hybridized carbons (Fsp3) is 0.350. The molecule has 0 radical (unpaired) electrons. The second-order valence-corrected chi connectivity index (χ2v) is 7.24. The average molecular weight is 355 g/mol. The van der Waals surface area contributed by atoms with Crippen molar-refractivity contribution in [2.45, 2.75) is 44.6 Å². The normalized spacial score (nSPS) is 15.6. The van der Waals surface area contributed by atoms with Gasteiger partial charge in [0.2, 0.25) is 5.91 Å². The largest absolute Gasteiger partial charge is 0.349 e. The highest BCUT2D eigenvalue weighted by Crippen LogP contribution is 2.30. The number of amides is 1. The summed E-state index contributed by atoms with van der Waals surface area (Å²) in [5, 5.41) is 4.87. The summed E-state index contributed by atoms with van der Waals surface area (Å²) in [5.41, 5.74) is 2.47. The number of nitrogens with one attached hydrogen (secondary N) is 1. The van der Waals surface area contributed by atoms with Crippen LogP contribution in [0.4, 0.5) is 0 Å². The fourth-order valence-electron chi connectivity index (χ4n) is 3.16. The molecule has 1 amide bonds. The second-order valence-electron chi connectivity index (χ2n) is 6.30. The van der Waals surface area contributed by atoms with E-state index in [1.54, 1.807) is 6.07 Å². The third kappa shape index (κ3) is 4.63. The van der Waals surface area contributed by atoms with Crippen LogP contribution in [-0.4, -0.2) is 17.5 Å². The molecule has 1 N–H and O–H groups in total. The number of carbonyl (C=O) groups is 3. The van der Waals surface area contributed by atoms with Crippen molar-refractivity contribution in [1.29, 1.82) is 0 Å². The Labute approximate surface area is 151 Å². The minimum atomic E-state index is -0.0976. The Kier molecular flexibility index (Phi) is 5.76. The van der Waals surface area contributed by atoms with E-state index in [9.17, 15) is 14.4 Å². The van der Waals surface area contributed by atoms with Gasteiger partial charge in [0.25, 0.3) is 0 Å². The monoisotopic (exact) mass is 355 g/mol. The molecule has 0 fully saturated rings. The molecule has 2 aromatic rings. The molecule has 1 aromatic heterocycles. The number of hydrogen-bond donors (Lipinski definition) is 1. The molecular weight excluding hydrogens is 334 g/mol. The van der Waals surface area contributed by atoms with Crippen LogP contribution in [0.15, 0.2) is 41.8 Å². The van der Waals surface area contributed by atoms with Crippen molar-refractivity contribution in [1.82, 2.24) is 5.32 Å². The summed E-state index contributed by atoms with van der Waals surface area (Å²) in [7, 11) is 0. The maximum absolute atomic E-state index is 12.1. The van der Waals surface area contributed by atoms with Crippen molar-refractivity contribution in [3.8, 4) is 0 Å². The molecule has 1 unspecified atom stereocenters. The Morgan fingerprint density at radius 2 is 1.80 bits per heavy atom. The summed E-state index contributed by atoms with van der Waals surface area (Å²) in [6, 6.07) is 11.8. The number of fused-ring (bicyclic) bond motifs is 1. The van der Waals surface area contributed by atoms with E-state index in [0.717, 1.165) is 12.8 Å². The first kappa shape index (κ1) is 17.5. The molecule has 0 aliphatic heterocycles. The minimum absolute atomic E-state index is 0.00429. The maximum atomic E-state index is 12.1. The summed E-state index contributed by atoms with van der Waals surface area (Å²) in [5.74, 6) is -0.137. The minimum Gasteiger partial charge on any atom is -0.349 e. The molecule has 1 atom stereocenters. The first-order valence-corrected chi connectivity index (χ1v) is 9.47. The zero-order valence-corrected chi connectivity index (χ0v) is 14.8. The number of aryl methyl sites for hydroxylation is 1. The highest BCUT2D eigenvalue weighted by Gasteiger charge is 2.23. The molecule has 25 heavy (non-hydrogen) atoms. The summed E-state index contributed by atoms with van der Waals surface area (Å²) >= 11 is 1.39. The Bertz CT molecular complexity index is 767. The highest BCUT2D eigenvalue weighted by atomic mass is 32.1. The van der Waals surface area contributed by atoms with Crippen LogP contribution < -0.4 is 5.32 Å². The topological polar surface area (TPSA) is 63.2 Å². The van der Waals surface area contributed by atoms with E-state index in [1.807, 2.05) is 23.6 Å². The molecule has 1 heterocycles. The van der Waals surface area contributed by atoms with E-state index in [4.69, 9.17) is 0 Å². The van der Waals surface area contributed by atoms with Crippen molar-refractivity contribution >= 4 is 28.8 Å². The predicted molar refractivity (Wildman–Crippen MR) is 97.8 cm³/mol. The Morgan fingerprint density at radius 1 is 1.00 bits per heavy atom. The zero-order chi connectivity index (χ0) is 17.6. The summed E-state index contributed by atoms with van der Waals surface area (Å²) < 4.78 is 0. The van der Waals surface area contributed by atoms with Gasteiger partial charge in [0.05, 0.1) is 10.9 Å². The van der Waals surface area contributed by atoms with E-state index in [1.165, 1.54) is 22.5 Å². The molecule has 0 spiro atoms. The molecule has 3 rings (SSSR count). The quantitative estimate of drug-likeness (QED) is 0.731. The van der Waals surface area contributed by atoms with Crippen LogP contribution in [0.25, 0.3) is 0 Å². The van der Waals surface area contributed by atoms with Gasteiger partial charge in [-0.15, -0.1) is 11.3 Å². The fourth-order valence-corrected chi connectivity index (χ4v) is 3.86. The van der Waals surface area contributed by atoms with Gasteiger partial charge in [0.1, 0.15) is 5.78 Å². The lowest BCUT2D eigenvalue weighted by atomic mass is 10.1. The third-order valence-corrected chi connectivity index (χ3v) is 5.44. The number of rotatable bonds is 8. The van der Waals surface area contributed by atoms with Crippen LogP contribution in [0.5, 0.6) is 0 Å². The first-order valence-electron chi connectivity index (χ1n) is 8.59. The molecule has 0 bridgehead atoms. The van der Waals surface area contributed by atoms with Crippen LogP contribution in [0.1, 0.15) is 58.9 Å². The van der Waals surface area contributed by atoms with Crippen LogP contribution >= 0.6 is 11.3 Å². The molecule has 1 aliphatic carbocycles. The van der Waals surface area contributed by atoms with Gasteiger partial charge in [-0.25, -0.2) is 0 Å². The summed E-state index contributed by atoms with van der Waals surface area (Å²) in [6.45, 7) is 0. The van der Waals surface area contributed by atoms with Crippen LogP contribution in [-0.2, 0) is 16.0 Å². The van der Waals surface area contributed by atoms with Crippen LogP contribution in [0.2, 0.25) is 0 Å². The van der Waals surface area contributed by atoms with E-state index in [-0.39, 0.29) is 49.2 Å². The van der Waals surface area contributed by atoms with Crippen molar-refractivity contribution < 1.29 is 14.4 Å². The van der Waals surface area contributed by atoms with Crippen molar-refractivity contribution in [3.63, 3.8) is 0 Å². The summed E-state index contributed by atoms with van der Waals surface area (Å²) in [4.78, 5) is 36.6. The molecular formula is C20H21NO3S. The SMILES string of the molecule is O=C(CCC(=O)NC1CCc2ccccc21)CCC(=O)c1cccs1. The van der Waals surface area contributed by atoms with Gasteiger partial charge in [-0.05, 0) is 35.4 Å². The van der Waals surface area contributed by atoms with Gasteiger partial charge < -0.3 is 5.32 Å². The Hall–Kier alpha value is -2.27. The maximum Gasteiger partial charge on any atom is 0.220 e. The third-order valence-electron chi connectivity index (χ3n) is 4.53. The van der Waals surface area contributed by atoms with E-state index in [2.05, 4.69) is 17.4 Å². The number of carbonyl (C=O) groups excluding carboxylic acids is 3. The van der Waals surface area contributed by atoms with E-state index < -0.39 is 0 Å². The molecule has 5 heteroatoms. The highest BCUT2D eigenvalue weighted by molar-refractivity contribution is 7.12. The Balaban J connectivity index is 1.39. The van der Waals surface area contributed by atoms with Crippen LogP contribution in [0.3, 0.4) is 0 Å². The number of benzene rings is 1. The number of ketones is 2. The van der Waals surface area contributed by atoms with Gasteiger partial charge in [-0.2, -0.15) is 0 Å². The van der Waals surface area contributed by atoms with E-state index in [0.29, 0.717) is 4.88 Å². The van der Waals surface area contributed by atoms with Gasteiger partial charge in [-0.1, -0.05) is 30.3 Å². The number of hydrogen-bond acceptors (Lipinski definition) is 4. The molecule has 1 aromatic carbocycles. The molecule has 0 saturated carbocycles. The van der Waals surface area contributed by atoms with Gasteiger partial charge in [0, 0.05) is 25.7 Å². The molecule has 4 nitrogen and oxygen atoms in total. The number of Topliss-reactive ketones (excluding diaryl/α,β-unsaturated/α-hetero) is 2. The van der Waals surface area contributed by atoms with E-state index >= 15 is 0 Å². The predicted octanol–water partition coefficient (Wildman–Crippen LogP) is 3.86. The van der Waals surface area contributed by atoms with Gasteiger partial charge >= 0.3 is 0 Å². The second kappa shape index (κ2) is 8.21. The van der Waals surface area contributed by atoms with Crippen molar-refractivity contribution in [3.05, 3.63) is 57.8 Å². The lowest BCUT2D eigenvalue weighted by Gasteiger charge is -2.13. The molecule has 1 aliphatic rings. The van der Waals surface area contributed by atoms with Gasteiger partial charge in [-0.3, -0.25) is 14.4 Å². The average Bonchev–Trinajstić information content (AvgIpc) is 3.28. The van der Waals surface area contributed by atoms with Crippen molar-refractivity contribution in [2.24, 2.45) is 0 Å². The Morgan fingerprint density at radius 3 is 2.60 bits per heavy atom. The molecule has 0 saturated heterocycles. The zero-order valence-electron chi connectivity index (χ0n) is 14.0. The lowest BCUT2D eigenvalue weighted by molar-refractivity contribution is -0.125. The van der Waals surface area contributed by atoms with Crippen molar-refractivity contribution in [2.75, 3.05) is 0 Å². The molecule has 130 valence electrons. The van der Waals surface area contributed by atoms with Crippen LogP contribution in [0, 0.1) is 0 Å². The first-order chi connectivity index (χ1) is 12.1. The smallest absolute Gasteiger partial charge is 0.220 e. The lowest BCUT2D eigenvalue weighted by Crippen LogP contribution is -2.27. The number of thiophene rings is 1. The summed E-state index contributed by atoms with van der Waals surface area (Å²) in [6.07, 6.45) is 2.69. The van der Waals surface area contributed by atoms with Gasteiger partial charge in [0.15, 0.2) is 5.78 Å².